The minimum absolute atomic E-state index is 0. The molecule has 0 aliphatic heterocycles. The molecule has 0 aliphatic rings. The summed E-state index contributed by atoms with van der Waals surface area (Å²) in [6, 6.07) is 14.8. The van der Waals surface area contributed by atoms with Gasteiger partial charge in [-0.25, -0.2) is 0 Å². The van der Waals surface area contributed by atoms with Gasteiger partial charge in [0.1, 0.15) is 0 Å². The van der Waals surface area contributed by atoms with Crippen molar-refractivity contribution in [1.29, 1.82) is 0 Å². The van der Waals surface area contributed by atoms with E-state index in [1.165, 1.54) is 16.3 Å². The van der Waals surface area contributed by atoms with Crippen LogP contribution in [-0.4, -0.2) is 37.7 Å². The van der Waals surface area contributed by atoms with E-state index in [2.05, 4.69) is 49.0 Å². The second-order valence-electron chi connectivity index (χ2n) is 3.13. The third kappa shape index (κ3) is 2.38. The Balaban J connectivity index is 0.000000980. The molecule has 0 saturated heterocycles. The van der Waals surface area contributed by atoms with Crippen LogP contribution in [0.15, 0.2) is 55.1 Å². The number of allylic oxidation sites excluding steroid dienone is 1. The van der Waals surface area contributed by atoms with Crippen LogP contribution in [0.25, 0.3) is 10.8 Å². The standard InChI is InChI=1S/C13H12.Ca.2H/c1-2-6-11-8-5-9-12-7-3-4-10-13(11)12;;;/h2-5,7-10H,1,6H2;;;. The van der Waals surface area contributed by atoms with E-state index in [1.807, 2.05) is 6.08 Å². The summed E-state index contributed by atoms with van der Waals surface area (Å²) in [7, 11) is 0. The molecule has 0 bridgehead atoms. The van der Waals surface area contributed by atoms with Crippen molar-refractivity contribution < 1.29 is 0 Å². The summed E-state index contributed by atoms with van der Waals surface area (Å²) in [6.07, 6.45) is 2.89. The molecule has 0 fully saturated rings. The molecule has 0 atom stereocenters. The van der Waals surface area contributed by atoms with Gasteiger partial charge < -0.3 is 0 Å². The molecule has 2 aromatic carbocycles. The van der Waals surface area contributed by atoms with Crippen LogP contribution in [0.3, 0.4) is 0 Å². The molecular weight excluding hydrogens is 196 g/mol. The van der Waals surface area contributed by atoms with Gasteiger partial charge in [0.05, 0.1) is 0 Å². The second-order valence-corrected chi connectivity index (χ2v) is 3.13. The van der Waals surface area contributed by atoms with E-state index in [0.717, 1.165) is 6.42 Å². The predicted molar refractivity (Wildman–Crippen MR) is 66.4 cm³/mol. The molecule has 0 aromatic heterocycles. The van der Waals surface area contributed by atoms with Crippen molar-refractivity contribution in [3.05, 3.63) is 60.7 Å². The monoisotopic (exact) mass is 210 g/mol. The van der Waals surface area contributed by atoms with E-state index >= 15 is 0 Å². The first kappa shape index (κ1) is 11.8. The number of hydrogen-bond donors (Lipinski definition) is 0. The summed E-state index contributed by atoms with van der Waals surface area (Å²) < 4.78 is 0. The summed E-state index contributed by atoms with van der Waals surface area (Å²) in [4.78, 5) is 0. The van der Waals surface area contributed by atoms with Crippen molar-refractivity contribution in [3.8, 4) is 0 Å². The second kappa shape index (κ2) is 5.55. The topological polar surface area (TPSA) is 0 Å². The van der Waals surface area contributed by atoms with E-state index < -0.39 is 0 Å². The molecule has 1 heteroatoms. The van der Waals surface area contributed by atoms with Crippen molar-refractivity contribution in [1.82, 2.24) is 0 Å². The first-order valence-corrected chi connectivity index (χ1v) is 4.49. The van der Waals surface area contributed by atoms with Gasteiger partial charge in [-0.15, -0.1) is 6.58 Å². The zero-order valence-corrected chi connectivity index (χ0v) is 7.53. The van der Waals surface area contributed by atoms with Crippen LogP contribution in [0.2, 0.25) is 0 Å². The van der Waals surface area contributed by atoms with Gasteiger partial charge in [0.25, 0.3) is 0 Å². The average molecular weight is 210 g/mol. The van der Waals surface area contributed by atoms with Crippen molar-refractivity contribution in [2.24, 2.45) is 0 Å². The molecule has 2 rings (SSSR count). The normalized spacial score (nSPS) is 9.43. The molecule has 0 radical (unpaired) electrons. The summed E-state index contributed by atoms with van der Waals surface area (Å²) in [5.41, 5.74) is 1.35. The zero-order valence-electron chi connectivity index (χ0n) is 7.53. The fourth-order valence-corrected chi connectivity index (χ4v) is 1.63. The van der Waals surface area contributed by atoms with Crippen LogP contribution in [0.5, 0.6) is 0 Å². The Labute approximate surface area is 115 Å². The van der Waals surface area contributed by atoms with Crippen LogP contribution in [0, 0.1) is 0 Å². The SMILES string of the molecule is C=CCc1cccc2ccccc12.[CaH2]. The third-order valence-electron chi connectivity index (χ3n) is 2.24. The van der Waals surface area contributed by atoms with Gasteiger partial charge in [-0.05, 0) is 22.8 Å². The Hall–Kier alpha value is -0.300. The van der Waals surface area contributed by atoms with Gasteiger partial charge in [0.15, 0.2) is 0 Å². The van der Waals surface area contributed by atoms with Gasteiger partial charge in [0, 0.05) is 0 Å². The van der Waals surface area contributed by atoms with Gasteiger partial charge in [-0.2, -0.15) is 0 Å². The van der Waals surface area contributed by atoms with E-state index in [1.54, 1.807) is 0 Å². The predicted octanol–water partition coefficient (Wildman–Crippen LogP) is 2.65. The number of fused-ring (bicyclic) bond motifs is 1. The summed E-state index contributed by atoms with van der Waals surface area (Å²) in [6.45, 7) is 3.76. The van der Waals surface area contributed by atoms with Crippen molar-refractivity contribution in [2.45, 2.75) is 6.42 Å². The maximum atomic E-state index is 3.76. The number of rotatable bonds is 2. The van der Waals surface area contributed by atoms with Crippen LogP contribution < -0.4 is 0 Å². The molecular formula is C13H14Ca. The third-order valence-corrected chi connectivity index (χ3v) is 2.24. The molecule has 0 saturated carbocycles. The van der Waals surface area contributed by atoms with Gasteiger partial charge in [-0.3, -0.25) is 0 Å². The van der Waals surface area contributed by atoms with Crippen molar-refractivity contribution in [2.75, 3.05) is 0 Å². The molecule has 0 aliphatic carbocycles. The quantitative estimate of drug-likeness (QED) is 0.528. The summed E-state index contributed by atoms with van der Waals surface area (Å²) in [5, 5.41) is 2.65. The van der Waals surface area contributed by atoms with Crippen molar-refractivity contribution in [3.63, 3.8) is 0 Å². The molecule has 0 amide bonds. The molecule has 0 heterocycles. The van der Waals surface area contributed by atoms with Gasteiger partial charge in [0.2, 0.25) is 0 Å². The van der Waals surface area contributed by atoms with Crippen molar-refractivity contribution >= 4 is 48.5 Å². The number of hydrogen-bond acceptors (Lipinski definition) is 0. The fraction of sp³-hybridized carbons (Fsp3) is 0.0769. The Morgan fingerprint density at radius 3 is 2.50 bits per heavy atom. The van der Waals surface area contributed by atoms with Crippen LogP contribution >= 0.6 is 0 Å². The first-order valence-electron chi connectivity index (χ1n) is 4.49. The van der Waals surface area contributed by atoms with E-state index in [4.69, 9.17) is 0 Å². The molecule has 68 valence electrons. The van der Waals surface area contributed by atoms with E-state index in [0.29, 0.717) is 0 Å². The van der Waals surface area contributed by atoms with Gasteiger partial charge >= 0.3 is 37.7 Å². The van der Waals surface area contributed by atoms with E-state index in [9.17, 15) is 0 Å². The molecule has 0 nitrogen and oxygen atoms in total. The molecule has 0 N–H and O–H groups in total. The van der Waals surface area contributed by atoms with E-state index in [-0.39, 0.29) is 37.7 Å². The Bertz CT molecular complexity index is 427. The van der Waals surface area contributed by atoms with Crippen LogP contribution in [0.1, 0.15) is 5.56 Å². The Kier molecular flexibility index (Phi) is 4.67. The van der Waals surface area contributed by atoms with Crippen LogP contribution in [0.4, 0.5) is 0 Å². The minimum atomic E-state index is 0. The summed E-state index contributed by atoms with van der Waals surface area (Å²) >= 11 is 0. The van der Waals surface area contributed by atoms with Gasteiger partial charge in [-0.1, -0.05) is 48.5 Å². The van der Waals surface area contributed by atoms with Crippen LogP contribution in [-0.2, 0) is 6.42 Å². The first-order chi connectivity index (χ1) is 6.42. The fourth-order valence-electron chi connectivity index (χ4n) is 1.63. The summed E-state index contributed by atoms with van der Waals surface area (Å²) in [5.74, 6) is 0. The maximum absolute atomic E-state index is 3.76. The number of benzene rings is 2. The molecule has 2 aromatic rings. The average Bonchev–Trinajstić information content (AvgIpc) is 2.19. The molecule has 0 spiro atoms. The zero-order chi connectivity index (χ0) is 9.10. The molecule has 0 unspecified atom stereocenters. The molecule has 14 heavy (non-hydrogen) atoms. The Morgan fingerprint density at radius 1 is 1.00 bits per heavy atom. The Morgan fingerprint density at radius 2 is 1.71 bits per heavy atom.